The van der Waals surface area contributed by atoms with Crippen molar-refractivity contribution in [3.05, 3.63) is 34.6 Å². The molecule has 1 aromatic heterocycles. The Morgan fingerprint density at radius 3 is 2.56 bits per heavy atom. The van der Waals surface area contributed by atoms with Crippen LogP contribution < -0.4 is 0 Å². The monoisotopic (exact) mass is 244 g/mol. The lowest BCUT2D eigenvalue weighted by Crippen LogP contribution is -2.00. The second-order valence-electron chi connectivity index (χ2n) is 5.28. The number of benzene rings is 1. The van der Waals surface area contributed by atoms with Crippen LogP contribution in [0, 0.1) is 0 Å². The van der Waals surface area contributed by atoms with E-state index in [1.54, 1.807) is 0 Å². The van der Waals surface area contributed by atoms with E-state index in [1.165, 1.54) is 17.5 Å². The Balaban J connectivity index is 2.33. The van der Waals surface area contributed by atoms with Gasteiger partial charge < -0.3 is 9.52 Å². The molecule has 0 amide bonds. The zero-order chi connectivity index (χ0) is 12.9. The van der Waals surface area contributed by atoms with E-state index >= 15 is 0 Å². The number of hydrogen-bond acceptors (Lipinski definition) is 2. The summed E-state index contributed by atoms with van der Waals surface area (Å²) in [6.45, 7) is 4.01. The van der Waals surface area contributed by atoms with Gasteiger partial charge in [0.1, 0.15) is 5.58 Å². The summed E-state index contributed by atoms with van der Waals surface area (Å²) < 4.78 is 5.55. The molecule has 1 aromatic carbocycles. The molecule has 18 heavy (non-hydrogen) atoms. The molecule has 0 saturated carbocycles. The highest BCUT2D eigenvalue weighted by atomic mass is 16.4. The number of furan rings is 1. The summed E-state index contributed by atoms with van der Waals surface area (Å²) in [4.78, 5) is 11.3. The van der Waals surface area contributed by atoms with Crippen molar-refractivity contribution in [1.29, 1.82) is 0 Å². The third kappa shape index (κ3) is 1.54. The zero-order valence-corrected chi connectivity index (χ0v) is 10.6. The van der Waals surface area contributed by atoms with E-state index in [0.29, 0.717) is 0 Å². The third-order valence-electron chi connectivity index (χ3n) is 3.71. The second-order valence-corrected chi connectivity index (χ2v) is 5.28. The van der Waals surface area contributed by atoms with Crippen LogP contribution in [0.4, 0.5) is 0 Å². The summed E-state index contributed by atoms with van der Waals surface area (Å²) in [5.74, 6) is -0.726. The summed E-state index contributed by atoms with van der Waals surface area (Å²) in [5, 5.41) is 10.2. The molecule has 3 rings (SSSR count). The Kier molecular flexibility index (Phi) is 2.44. The molecule has 1 aliphatic carbocycles. The van der Waals surface area contributed by atoms with Gasteiger partial charge in [-0.1, -0.05) is 13.8 Å². The topological polar surface area (TPSA) is 50.4 Å². The highest BCUT2D eigenvalue weighted by Gasteiger charge is 2.24. The number of carboxylic acids is 1. The summed E-state index contributed by atoms with van der Waals surface area (Å²) in [6, 6.07) is 4.15. The van der Waals surface area contributed by atoms with Gasteiger partial charge >= 0.3 is 5.97 Å². The summed E-state index contributed by atoms with van der Waals surface area (Å²) in [7, 11) is 0. The SMILES string of the molecule is CC(C)c1c(C(=O)O)oc2cc3c(cc12)CCC3. The lowest BCUT2D eigenvalue weighted by Gasteiger charge is -2.04. The van der Waals surface area contributed by atoms with E-state index in [4.69, 9.17) is 4.42 Å². The molecule has 2 aromatic rings. The van der Waals surface area contributed by atoms with E-state index in [9.17, 15) is 9.90 Å². The summed E-state index contributed by atoms with van der Waals surface area (Å²) in [6.07, 6.45) is 3.35. The van der Waals surface area contributed by atoms with Crippen molar-refractivity contribution in [2.45, 2.75) is 39.0 Å². The first kappa shape index (κ1) is 11.3. The standard InChI is InChI=1S/C15H16O3/c1-8(2)13-11-6-9-4-3-5-10(9)7-12(11)18-14(13)15(16)17/h6-8H,3-5H2,1-2H3,(H,16,17). The van der Waals surface area contributed by atoms with Crippen LogP contribution in [0.1, 0.15) is 53.4 Å². The first-order valence-electron chi connectivity index (χ1n) is 6.39. The molecule has 0 spiro atoms. The Morgan fingerprint density at radius 2 is 1.94 bits per heavy atom. The molecule has 0 fully saturated rings. The Hall–Kier alpha value is -1.77. The summed E-state index contributed by atoms with van der Waals surface area (Å²) >= 11 is 0. The van der Waals surface area contributed by atoms with Crippen molar-refractivity contribution in [3.63, 3.8) is 0 Å². The minimum absolute atomic E-state index is 0.101. The molecule has 0 unspecified atom stereocenters. The molecular formula is C15H16O3. The van der Waals surface area contributed by atoms with Crippen LogP contribution >= 0.6 is 0 Å². The van der Waals surface area contributed by atoms with Crippen LogP contribution in [0.5, 0.6) is 0 Å². The zero-order valence-electron chi connectivity index (χ0n) is 10.6. The van der Waals surface area contributed by atoms with E-state index < -0.39 is 5.97 Å². The average Bonchev–Trinajstić information content (AvgIpc) is 2.87. The van der Waals surface area contributed by atoms with Crippen LogP contribution in [0.15, 0.2) is 16.5 Å². The normalized spacial score (nSPS) is 14.4. The van der Waals surface area contributed by atoms with Crippen LogP contribution in [0.25, 0.3) is 11.0 Å². The molecule has 1 N–H and O–H groups in total. The van der Waals surface area contributed by atoms with Crippen molar-refractivity contribution in [1.82, 2.24) is 0 Å². The number of hydrogen-bond donors (Lipinski definition) is 1. The predicted octanol–water partition coefficient (Wildman–Crippen LogP) is 3.74. The first-order chi connectivity index (χ1) is 8.58. The lowest BCUT2D eigenvalue weighted by molar-refractivity contribution is 0.0663. The average molecular weight is 244 g/mol. The van der Waals surface area contributed by atoms with Gasteiger partial charge in [-0.2, -0.15) is 0 Å². The van der Waals surface area contributed by atoms with Gasteiger partial charge in [0.15, 0.2) is 0 Å². The van der Waals surface area contributed by atoms with Crippen molar-refractivity contribution < 1.29 is 14.3 Å². The molecule has 0 saturated heterocycles. The highest BCUT2D eigenvalue weighted by Crippen LogP contribution is 2.36. The number of aromatic carboxylic acids is 1. The number of carboxylic acid groups (broad SMARTS) is 1. The van der Waals surface area contributed by atoms with Gasteiger partial charge in [-0.15, -0.1) is 0 Å². The molecule has 0 radical (unpaired) electrons. The van der Waals surface area contributed by atoms with Crippen LogP contribution in [0.2, 0.25) is 0 Å². The van der Waals surface area contributed by atoms with Crippen LogP contribution in [-0.4, -0.2) is 11.1 Å². The minimum atomic E-state index is -0.977. The molecular weight excluding hydrogens is 228 g/mol. The van der Waals surface area contributed by atoms with Gasteiger partial charge in [-0.25, -0.2) is 4.79 Å². The fraction of sp³-hybridized carbons (Fsp3) is 0.400. The maximum Gasteiger partial charge on any atom is 0.372 e. The molecule has 3 heteroatoms. The van der Waals surface area contributed by atoms with Gasteiger partial charge in [0, 0.05) is 10.9 Å². The van der Waals surface area contributed by atoms with Gasteiger partial charge in [-0.05, 0) is 48.4 Å². The number of fused-ring (bicyclic) bond motifs is 2. The molecule has 1 heterocycles. The second kappa shape index (κ2) is 3.87. The molecule has 3 nitrogen and oxygen atoms in total. The van der Waals surface area contributed by atoms with Gasteiger partial charge in [0.25, 0.3) is 0 Å². The molecule has 0 aliphatic heterocycles. The quantitative estimate of drug-likeness (QED) is 0.875. The van der Waals surface area contributed by atoms with Crippen molar-refractivity contribution in [3.8, 4) is 0 Å². The van der Waals surface area contributed by atoms with Crippen molar-refractivity contribution in [2.75, 3.05) is 0 Å². The Labute approximate surface area is 105 Å². The van der Waals surface area contributed by atoms with Crippen molar-refractivity contribution >= 4 is 16.9 Å². The number of carbonyl (C=O) groups is 1. The maximum absolute atomic E-state index is 11.3. The van der Waals surface area contributed by atoms with E-state index in [0.717, 1.165) is 29.4 Å². The minimum Gasteiger partial charge on any atom is -0.475 e. The van der Waals surface area contributed by atoms with E-state index in [-0.39, 0.29) is 11.7 Å². The van der Waals surface area contributed by atoms with E-state index in [2.05, 4.69) is 6.07 Å². The molecule has 94 valence electrons. The fourth-order valence-corrected chi connectivity index (χ4v) is 2.92. The van der Waals surface area contributed by atoms with Crippen LogP contribution in [-0.2, 0) is 12.8 Å². The Morgan fingerprint density at radius 1 is 1.28 bits per heavy atom. The molecule has 1 aliphatic rings. The van der Waals surface area contributed by atoms with Gasteiger partial charge in [0.2, 0.25) is 5.76 Å². The van der Waals surface area contributed by atoms with Crippen molar-refractivity contribution in [2.24, 2.45) is 0 Å². The van der Waals surface area contributed by atoms with Crippen LogP contribution in [0.3, 0.4) is 0 Å². The maximum atomic E-state index is 11.3. The molecule has 0 atom stereocenters. The highest BCUT2D eigenvalue weighted by molar-refractivity contribution is 5.96. The Bertz CT molecular complexity index is 635. The predicted molar refractivity (Wildman–Crippen MR) is 69.3 cm³/mol. The fourth-order valence-electron chi connectivity index (χ4n) is 2.92. The van der Waals surface area contributed by atoms with E-state index in [1.807, 2.05) is 19.9 Å². The number of rotatable bonds is 2. The van der Waals surface area contributed by atoms with Gasteiger partial charge in [0.05, 0.1) is 0 Å². The molecule has 0 bridgehead atoms. The van der Waals surface area contributed by atoms with Gasteiger partial charge in [-0.3, -0.25) is 0 Å². The summed E-state index contributed by atoms with van der Waals surface area (Å²) in [5.41, 5.74) is 4.20. The smallest absolute Gasteiger partial charge is 0.372 e. The third-order valence-corrected chi connectivity index (χ3v) is 3.71. The first-order valence-corrected chi connectivity index (χ1v) is 6.39. The largest absolute Gasteiger partial charge is 0.475 e. The number of aryl methyl sites for hydroxylation is 2. The lowest BCUT2D eigenvalue weighted by atomic mass is 9.97.